The molecule has 14 heavy (non-hydrogen) atoms. The Hall–Kier alpha value is -1.30. The Morgan fingerprint density at radius 1 is 1.71 bits per heavy atom. The highest BCUT2D eigenvalue weighted by Crippen LogP contribution is 2.17. The molecule has 6 heteroatoms. The summed E-state index contributed by atoms with van der Waals surface area (Å²) in [5, 5.41) is 0.0150. The first-order valence-electron chi connectivity index (χ1n) is 4.03. The van der Waals surface area contributed by atoms with Crippen LogP contribution in [0.2, 0.25) is 0 Å². The fourth-order valence-corrected chi connectivity index (χ4v) is 1.64. The second kappa shape index (κ2) is 4.28. The maximum absolute atomic E-state index is 11.0. The van der Waals surface area contributed by atoms with Crippen LogP contribution in [-0.2, 0) is 4.79 Å². The minimum absolute atomic E-state index is 0.225. The monoisotopic (exact) mass is 213 g/mol. The van der Waals surface area contributed by atoms with Gasteiger partial charge in [0.2, 0.25) is 5.91 Å². The Labute approximate surface area is 85.1 Å². The number of carbonyl (C=O) groups is 1. The van der Waals surface area contributed by atoms with Gasteiger partial charge >= 0.3 is 0 Å². The van der Waals surface area contributed by atoms with Crippen LogP contribution in [0, 0.1) is 6.92 Å². The number of aryl methyl sites for hydroxylation is 1. The van der Waals surface area contributed by atoms with Crippen molar-refractivity contribution in [2.45, 2.75) is 24.3 Å². The first kappa shape index (κ1) is 10.8. The SMILES string of the molecule is Cc1cc(=O)[nH]c(SC(C)C(N)=O)n1. The molecule has 76 valence electrons. The molecule has 1 aromatic rings. The van der Waals surface area contributed by atoms with E-state index in [-0.39, 0.29) is 5.56 Å². The van der Waals surface area contributed by atoms with Gasteiger partial charge in [0.1, 0.15) is 0 Å². The number of primary amides is 1. The van der Waals surface area contributed by atoms with E-state index in [9.17, 15) is 9.59 Å². The first-order valence-corrected chi connectivity index (χ1v) is 4.91. The zero-order valence-electron chi connectivity index (χ0n) is 7.90. The van der Waals surface area contributed by atoms with Gasteiger partial charge in [0.05, 0.1) is 5.25 Å². The quantitative estimate of drug-likeness (QED) is 0.548. The van der Waals surface area contributed by atoms with Gasteiger partial charge in [-0.1, -0.05) is 11.8 Å². The van der Waals surface area contributed by atoms with E-state index in [2.05, 4.69) is 9.97 Å². The van der Waals surface area contributed by atoms with Crippen LogP contribution in [0.3, 0.4) is 0 Å². The van der Waals surface area contributed by atoms with Gasteiger partial charge in [-0.25, -0.2) is 4.98 Å². The first-order chi connectivity index (χ1) is 6.49. The largest absolute Gasteiger partial charge is 0.369 e. The molecule has 1 heterocycles. The molecule has 1 rings (SSSR count). The summed E-state index contributed by atoms with van der Waals surface area (Å²) < 4.78 is 0. The van der Waals surface area contributed by atoms with Gasteiger partial charge in [0, 0.05) is 11.8 Å². The average Bonchev–Trinajstić information content (AvgIpc) is 2.01. The van der Waals surface area contributed by atoms with Crippen LogP contribution in [0.25, 0.3) is 0 Å². The molecule has 0 saturated carbocycles. The number of nitrogens with zero attached hydrogens (tertiary/aromatic N) is 1. The summed E-state index contributed by atoms with van der Waals surface area (Å²) in [6.45, 7) is 3.38. The molecule has 0 spiro atoms. The number of aromatic nitrogens is 2. The smallest absolute Gasteiger partial charge is 0.251 e. The minimum Gasteiger partial charge on any atom is -0.369 e. The van der Waals surface area contributed by atoms with Crippen molar-refractivity contribution >= 4 is 17.7 Å². The predicted octanol–water partition coefficient (Wildman–Crippen LogP) is 0.0442. The van der Waals surface area contributed by atoms with E-state index in [1.54, 1.807) is 13.8 Å². The normalized spacial score (nSPS) is 12.4. The Bertz CT molecular complexity index is 402. The lowest BCUT2D eigenvalue weighted by Gasteiger charge is -2.05. The number of carbonyl (C=O) groups excluding carboxylic acids is 1. The number of aromatic amines is 1. The van der Waals surface area contributed by atoms with Crippen LogP contribution in [0.15, 0.2) is 16.0 Å². The van der Waals surface area contributed by atoms with Crippen LogP contribution < -0.4 is 11.3 Å². The third-order valence-corrected chi connectivity index (χ3v) is 2.54. The lowest BCUT2D eigenvalue weighted by atomic mass is 10.5. The Kier molecular flexibility index (Phi) is 3.29. The van der Waals surface area contributed by atoms with E-state index in [4.69, 9.17) is 5.73 Å². The molecule has 1 atom stereocenters. The number of H-pyrrole nitrogens is 1. The summed E-state index contributed by atoms with van der Waals surface area (Å²) in [4.78, 5) is 28.4. The number of thioether (sulfide) groups is 1. The third-order valence-electron chi connectivity index (χ3n) is 1.54. The van der Waals surface area contributed by atoms with Crippen LogP contribution >= 0.6 is 11.8 Å². The molecule has 1 aromatic heterocycles. The molecule has 5 nitrogen and oxygen atoms in total. The molecule has 0 aromatic carbocycles. The van der Waals surface area contributed by atoms with Gasteiger partial charge in [0.25, 0.3) is 5.56 Å². The minimum atomic E-state index is -0.431. The number of hydrogen-bond donors (Lipinski definition) is 2. The number of nitrogens with one attached hydrogen (secondary N) is 1. The lowest BCUT2D eigenvalue weighted by molar-refractivity contribution is -0.117. The van der Waals surface area contributed by atoms with Crippen molar-refractivity contribution in [1.82, 2.24) is 9.97 Å². The molecule has 0 fully saturated rings. The van der Waals surface area contributed by atoms with E-state index in [1.165, 1.54) is 6.07 Å². The Balaban J connectivity index is 2.87. The van der Waals surface area contributed by atoms with Crippen molar-refractivity contribution in [2.24, 2.45) is 5.73 Å². The van der Waals surface area contributed by atoms with Gasteiger partial charge in [-0.15, -0.1) is 0 Å². The van der Waals surface area contributed by atoms with Gasteiger partial charge in [0.15, 0.2) is 5.16 Å². The molecule has 0 aliphatic heterocycles. The second-order valence-corrected chi connectivity index (χ2v) is 4.18. The Morgan fingerprint density at radius 2 is 2.36 bits per heavy atom. The summed E-state index contributed by atoms with van der Waals surface area (Å²) >= 11 is 1.14. The predicted molar refractivity (Wildman–Crippen MR) is 54.1 cm³/mol. The molecule has 3 N–H and O–H groups in total. The van der Waals surface area contributed by atoms with Crippen molar-refractivity contribution in [2.75, 3.05) is 0 Å². The number of nitrogens with two attached hydrogens (primary N) is 1. The summed E-state index contributed by atoms with van der Waals surface area (Å²) in [6.07, 6.45) is 0. The highest BCUT2D eigenvalue weighted by molar-refractivity contribution is 8.00. The van der Waals surface area contributed by atoms with Crippen molar-refractivity contribution in [3.63, 3.8) is 0 Å². The van der Waals surface area contributed by atoms with Crippen LogP contribution in [-0.4, -0.2) is 21.1 Å². The van der Waals surface area contributed by atoms with Crippen molar-refractivity contribution < 1.29 is 4.79 Å². The van der Waals surface area contributed by atoms with Crippen molar-refractivity contribution in [3.8, 4) is 0 Å². The van der Waals surface area contributed by atoms with Gasteiger partial charge in [-0.3, -0.25) is 9.59 Å². The maximum atomic E-state index is 11.0. The molecule has 0 bridgehead atoms. The van der Waals surface area contributed by atoms with Crippen LogP contribution in [0.5, 0.6) is 0 Å². The number of hydrogen-bond acceptors (Lipinski definition) is 4. The molecule has 0 radical (unpaired) electrons. The molecule has 0 aliphatic carbocycles. The highest BCUT2D eigenvalue weighted by Gasteiger charge is 2.11. The van der Waals surface area contributed by atoms with Crippen LogP contribution in [0.4, 0.5) is 0 Å². The van der Waals surface area contributed by atoms with Crippen molar-refractivity contribution in [3.05, 3.63) is 22.1 Å². The highest BCUT2D eigenvalue weighted by atomic mass is 32.2. The molecular formula is C8H11N3O2S. The molecule has 0 aliphatic rings. The zero-order valence-corrected chi connectivity index (χ0v) is 8.72. The van der Waals surface area contributed by atoms with E-state index < -0.39 is 11.2 Å². The molecular weight excluding hydrogens is 202 g/mol. The summed E-state index contributed by atoms with van der Waals surface area (Å²) in [7, 11) is 0. The van der Waals surface area contributed by atoms with E-state index in [0.29, 0.717) is 10.9 Å². The van der Waals surface area contributed by atoms with E-state index in [0.717, 1.165) is 11.8 Å². The van der Waals surface area contributed by atoms with Crippen LogP contribution in [0.1, 0.15) is 12.6 Å². The van der Waals surface area contributed by atoms with Crippen molar-refractivity contribution in [1.29, 1.82) is 0 Å². The topological polar surface area (TPSA) is 88.8 Å². The fourth-order valence-electron chi connectivity index (χ4n) is 0.833. The van der Waals surface area contributed by atoms with Gasteiger partial charge in [-0.05, 0) is 13.8 Å². The lowest BCUT2D eigenvalue weighted by Crippen LogP contribution is -2.23. The third kappa shape index (κ3) is 2.88. The number of amides is 1. The van der Waals surface area contributed by atoms with E-state index in [1.807, 2.05) is 0 Å². The zero-order chi connectivity index (χ0) is 10.7. The fraction of sp³-hybridized carbons (Fsp3) is 0.375. The maximum Gasteiger partial charge on any atom is 0.251 e. The molecule has 1 unspecified atom stereocenters. The summed E-state index contributed by atoms with van der Waals surface area (Å²) in [5.41, 5.74) is 5.47. The summed E-state index contributed by atoms with van der Waals surface area (Å²) in [6, 6.07) is 1.39. The number of rotatable bonds is 3. The molecule has 0 saturated heterocycles. The second-order valence-electron chi connectivity index (χ2n) is 2.85. The molecule has 1 amide bonds. The average molecular weight is 213 g/mol. The van der Waals surface area contributed by atoms with Gasteiger partial charge < -0.3 is 10.7 Å². The van der Waals surface area contributed by atoms with Gasteiger partial charge in [-0.2, -0.15) is 0 Å². The summed E-state index contributed by atoms with van der Waals surface area (Å²) in [5.74, 6) is -0.431. The standard InChI is InChI=1S/C8H11N3O2S/c1-4-3-6(12)11-8(10-4)14-5(2)7(9)13/h3,5H,1-2H3,(H2,9,13)(H,10,11,12). The Morgan fingerprint density at radius 3 is 2.86 bits per heavy atom. The van der Waals surface area contributed by atoms with E-state index >= 15 is 0 Å².